The van der Waals surface area contributed by atoms with E-state index in [2.05, 4.69) is 15.7 Å². The molecule has 11 heteroatoms. The number of dihydropyridines is 1. The van der Waals surface area contributed by atoms with Gasteiger partial charge < -0.3 is 10.6 Å². The number of alkyl halides is 3. The number of hydrogen-bond donors (Lipinski definition) is 2. The summed E-state index contributed by atoms with van der Waals surface area (Å²) in [5.41, 5.74) is 2.51. The van der Waals surface area contributed by atoms with Crippen LogP contribution in [0.1, 0.15) is 61.9 Å². The Kier molecular flexibility index (Phi) is 6.01. The molecule has 2 N–H and O–H groups in total. The minimum atomic E-state index is -4.43. The van der Waals surface area contributed by atoms with Crippen LogP contribution in [0.15, 0.2) is 36.4 Å². The molecule has 8 nitrogen and oxygen atoms in total. The molecule has 4 rings (SSSR count). The van der Waals surface area contributed by atoms with E-state index in [-0.39, 0.29) is 17.5 Å². The number of hydrogen-bond acceptors (Lipinski definition) is 5. The maximum atomic E-state index is 13.4. The summed E-state index contributed by atoms with van der Waals surface area (Å²) in [7, 11) is 0. The number of pyridine rings is 1. The number of aromatic nitrogens is 3. The van der Waals surface area contributed by atoms with Crippen LogP contribution in [-0.4, -0.2) is 39.3 Å². The lowest BCUT2D eigenvalue weighted by Crippen LogP contribution is -2.39. The Morgan fingerprint density at radius 3 is 2.58 bits per heavy atom. The fourth-order valence-electron chi connectivity index (χ4n) is 4.31. The van der Waals surface area contributed by atoms with Crippen LogP contribution in [0, 0.1) is 12.3 Å². The number of carbonyl (C=O) groups excluding carboxylic acids is 2. The highest BCUT2D eigenvalue weighted by Gasteiger charge is 2.47. The molecule has 2 aliphatic heterocycles. The van der Waals surface area contributed by atoms with E-state index in [1.807, 2.05) is 39.8 Å². The van der Waals surface area contributed by atoms with Crippen molar-refractivity contribution in [3.63, 3.8) is 0 Å². The molecule has 0 unspecified atom stereocenters. The van der Waals surface area contributed by atoms with Crippen molar-refractivity contribution in [2.75, 3.05) is 11.4 Å². The van der Waals surface area contributed by atoms with Gasteiger partial charge in [0.1, 0.15) is 6.54 Å². The van der Waals surface area contributed by atoms with E-state index in [0.717, 1.165) is 10.3 Å². The first-order valence-electron chi connectivity index (χ1n) is 11.5. The van der Waals surface area contributed by atoms with Gasteiger partial charge in [-0.3, -0.25) is 19.2 Å². The van der Waals surface area contributed by atoms with Crippen molar-refractivity contribution < 1.29 is 22.8 Å². The molecule has 192 valence electrons. The molecule has 0 spiro atoms. The first kappa shape index (κ1) is 25.5. The van der Waals surface area contributed by atoms with Crippen LogP contribution < -0.4 is 15.5 Å². The van der Waals surface area contributed by atoms with Gasteiger partial charge in [-0.05, 0) is 44.1 Å². The summed E-state index contributed by atoms with van der Waals surface area (Å²) in [6.07, 6.45) is 1.62. The van der Waals surface area contributed by atoms with Gasteiger partial charge in [0.2, 0.25) is 5.91 Å². The van der Waals surface area contributed by atoms with Crippen molar-refractivity contribution in [1.29, 1.82) is 0 Å². The largest absolute Gasteiger partial charge is 0.408 e. The third kappa shape index (κ3) is 4.74. The number of amides is 2. The number of nitrogens with one attached hydrogen (secondary N) is 2. The summed E-state index contributed by atoms with van der Waals surface area (Å²) in [5, 5.41) is 9.84. The van der Waals surface area contributed by atoms with Gasteiger partial charge >= 0.3 is 6.18 Å². The van der Waals surface area contributed by atoms with Crippen LogP contribution >= 0.6 is 0 Å². The Labute approximate surface area is 207 Å². The number of carbonyl (C=O) groups is 2. The number of aryl methyl sites for hydroxylation is 1. The lowest BCUT2D eigenvalue weighted by Gasteiger charge is -2.30. The van der Waals surface area contributed by atoms with Crippen LogP contribution in [0.3, 0.4) is 0 Å². The molecule has 0 radical (unpaired) electrons. The summed E-state index contributed by atoms with van der Waals surface area (Å²) in [6, 6.07) is 1.81. The molecule has 4 heterocycles. The molecule has 0 bridgehead atoms. The number of rotatable bonds is 4. The van der Waals surface area contributed by atoms with Crippen molar-refractivity contribution in [3.8, 4) is 0 Å². The molecule has 2 aromatic heterocycles. The second-order valence-electron chi connectivity index (χ2n) is 10.6. The molecular formula is C25H29F3N6O2. The van der Waals surface area contributed by atoms with Crippen molar-refractivity contribution in [1.82, 2.24) is 25.4 Å². The molecule has 0 saturated heterocycles. The third-order valence-corrected chi connectivity index (χ3v) is 6.14. The molecule has 0 aromatic carbocycles. The number of halogens is 3. The highest BCUT2D eigenvalue weighted by molar-refractivity contribution is 6.12. The van der Waals surface area contributed by atoms with Gasteiger partial charge in [-0.1, -0.05) is 20.8 Å². The van der Waals surface area contributed by atoms with Crippen LogP contribution in [0.25, 0.3) is 5.57 Å². The van der Waals surface area contributed by atoms with E-state index >= 15 is 0 Å². The number of anilines is 1. The van der Waals surface area contributed by atoms with E-state index in [1.54, 1.807) is 20.0 Å². The Bertz CT molecular complexity index is 1300. The Morgan fingerprint density at radius 1 is 1.25 bits per heavy atom. The van der Waals surface area contributed by atoms with E-state index < -0.39 is 23.7 Å². The molecule has 0 atom stereocenters. The predicted octanol–water partition coefficient (Wildman–Crippen LogP) is 4.03. The van der Waals surface area contributed by atoms with Crippen LogP contribution in [0.2, 0.25) is 0 Å². The minimum Gasteiger partial charge on any atom is -0.385 e. The zero-order valence-corrected chi connectivity index (χ0v) is 21.0. The van der Waals surface area contributed by atoms with Crippen molar-refractivity contribution in [2.45, 2.75) is 59.8 Å². The topological polar surface area (TPSA) is 92.2 Å². The van der Waals surface area contributed by atoms with Gasteiger partial charge in [-0.15, -0.1) is 0 Å². The third-order valence-electron chi connectivity index (χ3n) is 6.14. The minimum absolute atomic E-state index is 0.125. The zero-order chi connectivity index (χ0) is 26.6. The fourth-order valence-corrected chi connectivity index (χ4v) is 4.31. The quantitative estimate of drug-likeness (QED) is 0.659. The van der Waals surface area contributed by atoms with Crippen LogP contribution in [0.4, 0.5) is 18.9 Å². The molecule has 0 aliphatic carbocycles. The van der Waals surface area contributed by atoms with Gasteiger partial charge in [0, 0.05) is 24.4 Å². The standard InChI is InChI=1S/C25H29F3N6O2/c1-14-7-18(15-8-16(10-29-9-15)31-22(36)23(2,3)4)32-20-19(14)21(35)34(24(20,5)6)17-11-30-33(12-17)13-25(26,27)28/h7-8,10-12,29H,9,13H2,1-6H3,(H,31,36). The Hall–Kier alpha value is -3.63. The van der Waals surface area contributed by atoms with E-state index in [0.29, 0.717) is 34.8 Å². The second kappa shape index (κ2) is 8.49. The van der Waals surface area contributed by atoms with E-state index in [9.17, 15) is 22.8 Å². The normalized spacial score (nSPS) is 17.4. The molecule has 0 fully saturated rings. The first-order chi connectivity index (χ1) is 16.6. The summed E-state index contributed by atoms with van der Waals surface area (Å²) < 4.78 is 39.2. The lowest BCUT2D eigenvalue weighted by molar-refractivity contribution is -0.142. The van der Waals surface area contributed by atoms with Gasteiger partial charge in [-0.2, -0.15) is 18.3 Å². The van der Waals surface area contributed by atoms with Crippen LogP contribution in [-0.2, 0) is 16.9 Å². The maximum absolute atomic E-state index is 13.4. The Morgan fingerprint density at radius 2 is 1.94 bits per heavy atom. The highest BCUT2D eigenvalue weighted by Crippen LogP contribution is 2.42. The van der Waals surface area contributed by atoms with Crippen LogP contribution in [0.5, 0.6) is 0 Å². The van der Waals surface area contributed by atoms with Gasteiger partial charge in [0.05, 0.1) is 40.1 Å². The average Bonchev–Trinajstić information content (AvgIpc) is 3.25. The van der Waals surface area contributed by atoms with Crippen molar-refractivity contribution in [2.24, 2.45) is 5.41 Å². The fraction of sp³-hybridized carbons (Fsp3) is 0.440. The van der Waals surface area contributed by atoms with Gasteiger partial charge in [0.15, 0.2) is 0 Å². The number of fused-ring (bicyclic) bond motifs is 1. The molecule has 2 aliphatic rings. The average molecular weight is 503 g/mol. The van der Waals surface area contributed by atoms with Gasteiger partial charge in [-0.25, -0.2) is 4.98 Å². The number of nitrogens with zero attached hydrogens (tertiary/aromatic N) is 4. The predicted molar refractivity (Wildman–Crippen MR) is 129 cm³/mol. The first-order valence-corrected chi connectivity index (χ1v) is 11.5. The van der Waals surface area contributed by atoms with E-state index in [4.69, 9.17) is 4.98 Å². The second-order valence-corrected chi connectivity index (χ2v) is 10.6. The Balaban J connectivity index is 1.68. The molecule has 2 amide bonds. The monoisotopic (exact) mass is 502 g/mol. The summed E-state index contributed by atoms with van der Waals surface area (Å²) >= 11 is 0. The molecule has 2 aromatic rings. The van der Waals surface area contributed by atoms with Gasteiger partial charge in [0.25, 0.3) is 5.91 Å². The lowest BCUT2D eigenvalue weighted by atomic mass is 9.94. The maximum Gasteiger partial charge on any atom is 0.408 e. The summed E-state index contributed by atoms with van der Waals surface area (Å²) in [6.45, 7) is 10.1. The van der Waals surface area contributed by atoms with E-state index in [1.165, 1.54) is 17.3 Å². The molecular weight excluding hydrogens is 473 g/mol. The highest BCUT2D eigenvalue weighted by atomic mass is 19.4. The smallest absolute Gasteiger partial charge is 0.385 e. The summed E-state index contributed by atoms with van der Waals surface area (Å²) in [4.78, 5) is 32.1. The SMILES string of the molecule is Cc1cc(C2=CC(NC(=O)C(C)(C)C)=CNC2)nc2c1C(=O)N(c1cnn(CC(F)(F)F)c1)C2(C)C. The molecule has 0 saturated carbocycles. The van der Waals surface area contributed by atoms with Crippen molar-refractivity contribution in [3.05, 3.63) is 58.9 Å². The van der Waals surface area contributed by atoms with Crippen molar-refractivity contribution >= 4 is 23.1 Å². The summed E-state index contributed by atoms with van der Waals surface area (Å²) in [5.74, 6) is -0.466. The zero-order valence-electron chi connectivity index (χ0n) is 21.0. The number of allylic oxidation sites excluding steroid dienone is 1. The molecule has 36 heavy (non-hydrogen) atoms.